The molecule has 3 amide bonds. The van der Waals surface area contributed by atoms with E-state index in [9.17, 15) is 14.0 Å². The smallest absolute Gasteiger partial charge is 0.322 e. The van der Waals surface area contributed by atoms with E-state index in [2.05, 4.69) is 5.32 Å². The van der Waals surface area contributed by atoms with E-state index in [0.29, 0.717) is 12.2 Å². The van der Waals surface area contributed by atoms with Gasteiger partial charge in [-0.15, -0.1) is 0 Å². The van der Waals surface area contributed by atoms with E-state index in [0.717, 1.165) is 36.8 Å². The number of hydrogen-bond donors (Lipinski definition) is 2. The van der Waals surface area contributed by atoms with Gasteiger partial charge in [-0.1, -0.05) is 43.5 Å². The second-order valence-electron chi connectivity index (χ2n) is 7.32. The van der Waals surface area contributed by atoms with E-state index in [4.69, 9.17) is 5.73 Å². The highest BCUT2D eigenvalue weighted by atomic mass is 19.1. The summed E-state index contributed by atoms with van der Waals surface area (Å²) in [4.78, 5) is 26.1. The van der Waals surface area contributed by atoms with Gasteiger partial charge in [0.1, 0.15) is 5.82 Å². The summed E-state index contributed by atoms with van der Waals surface area (Å²) in [6, 6.07) is 13.4. The van der Waals surface area contributed by atoms with Crippen molar-refractivity contribution < 1.29 is 14.0 Å². The van der Waals surface area contributed by atoms with Crippen LogP contribution in [0.4, 0.5) is 14.9 Å². The summed E-state index contributed by atoms with van der Waals surface area (Å²) < 4.78 is 13.2. The van der Waals surface area contributed by atoms with Crippen LogP contribution >= 0.6 is 0 Å². The van der Waals surface area contributed by atoms with Crippen LogP contribution < -0.4 is 11.1 Å². The zero-order chi connectivity index (χ0) is 19.9. The number of rotatable bonds is 6. The third-order valence-electron chi connectivity index (χ3n) is 5.10. The molecule has 1 fully saturated rings. The molecule has 5 nitrogen and oxygen atoms in total. The van der Waals surface area contributed by atoms with E-state index >= 15 is 0 Å². The summed E-state index contributed by atoms with van der Waals surface area (Å²) in [5.74, 6) is -0.702. The van der Waals surface area contributed by atoms with Gasteiger partial charge in [0.25, 0.3) is 0 Å². The van der Waals surface area contributed by atoms with Gasteiger partial charge in [-0.3, -0.25) is 4.79 Å². The maximum atomic E-state index is 13.2. The second kappa shape index (κ2) is 9.35. The van der Waals surface area contributed by atoms with Crippen molar-refractivity contribution in [3.63, 3.8) is 0 Å². The van der Waals surface area contributed by atoms with Crippen LogP contribution in [0.15, 0.2) is 48.5 Å². The lowest BCUT2D eigenvalue weighted by atomic mass is 9.94. The molecule has 0 unspecified atom stereocenters. The summed E-state index contributed by atoms with van der Waals surface area (Å²) in [6.07, 6.45) is 5.47. The van der Waals surface area contributed by atoms with Crippen molar-refractivity contribution in [2.75, 3.05) is 5.32 Å². The highest BCUT2D eigenvalue weighted by Gasteiger charge is 2.25. The van der Waals surface area contributed by atoms with E-state index in [-0.39, 0.29) is 24.3 Å². The molecule has 3 rings (SSSR count). The average Bonchev–Trinajstić information content (AvgIpc) is 2.68. The number of urea groups is 1. The first-order valence-corrected chi connectivity index (χ1v) is 9.70. The van der Waals surface area contributed by atoms with Crippen LogP contribution in [0.5, 0.6) is 0 Å². The molecular weight excluding hydrogens is 357 g/mol. The Balaban J connectivity index is 1.75. The fourth-order valence-electron chi connectivity index (χ4n) is 3.70. The van der Waals surface area contributed by atoms with Crippen molar-refractivity contribution in [1.82, 2.24) is 4.90 Å². The van der Waals surface area contributed by atoms with Gasteiger partial charge >= 0.3 is 6.03 Å². The fourth-order valence-corrected chi connectivity index (χ4v) is 3.70. The van der Waals surface area contributed by atoms with Crippen LogP contribution in [-0.2, 0) is 17.8 Å². The Bertz CT molecular complexity index is 817. The van der Waals surface area contributed by atoms with E-state index in [1.807, 2.05) is 4.90 Å². The monoisotopic (exact) mass is 383 g/mol. The van der Waals surface area contributed by atoms with Gasteiger partial charge in [0.15, 0.2) is 0 Å². The molecule has 0 aromatic heterocycles. The molecule has 0 radical (unpaired) electrons. The summed E-state index contributed by atoms with van der Waals surface area (Å²) in [6.45, 7) is 0.428. The number of amides is 3. The Hall–Kier alpha value is -2.89. The molecule has 1 aliphatic carbocycles. The van der Waals surface area contributed by atoms with Crippen molar-refractivity contribution in [3.05, 3.63) is 65.5 Å². The van der Waals surface area contributed by atoms with Gasteiger partial charge in [0.05, 0.1) is 6.42 Å². The minimum absolute atomic E-state index is 0.131. The maximum Gasteiger partial charge on any atom is 0.322 e. The van der Waals surface area contributed by atoms with E-state index < -0.39 is 5.91 Å². The Morgan fingerprint density at radius 1 is 1.04 bits per heavy atom. The van der Waals surface area contributed by atoms with Crippen LogP contribution in [0, 0.1) is 5.82 Å². The van der Waals surface area contributed by atoms with Crippen LogP contribution in [0.25, 0.3) is 0 Å². The molecule has 2 aromatic carbocycles. The molecule has 0 atom stereocenters. The molecule has 0 spiro atoms. The minimum atomic E-state index is -0.413. The largest absolute Gasteiger partial charge is 0.369 e. The molecule has 0 heterocycles. The number of nitrogens with two attached hydrogens (primary N) is 1. The Labute approximate surface area is 164 Å². The van der Waals surface area contributed by atoms with Crippen LogP contribution in [0.1, 0.15) is 43.2 Å². The summed E-state index contributed by atoms with van der Waals surface area (Å²) in [5, 5.41) is 2.95. The predicted molar refractivity (Wildman–Crippen MR) is 107 cm³/mol. The number of benzene rings is 2. The second-order valence-corrected chi connectivity index (χ2v) is 7.32. The number of hydrogen-bond acceptors (Lipinski definition) is 2. The molecular formula is C22H26FN3O2. The quantitative estimate of drug-likeness (QED) is 0.784. The zero-order valence-electron chi connectivity index (χ0n) is 15.9. The number of anilines is 1. The van der Waals surface area contributed by atoms with Crippen LogP contribution in [0.3, 0.4) is 0 Å². The summed E-state index contributed by atoms with van der Waals surface area (Å²) in [7, 11) is 0. The lowest BCUT2D eigenvalue weighted by Gasteiger charge is -2.34. The van der Waals surface area contributed by atoms with Gasteiger partial charge in [0, 0.05) is 18.3 Å². The number of nitrogens with one attached hydrogen (secondary N) is 1. The SMILES string of the molecule is NC(=O)Cc1cccc(NC(=O)N(Cc2ccc(F)cc2)C2CCCCC2)c1. The van der Waals surface area contributed by atoms with Crippen molar-refractivity contribution in [2.24, 2.45) is 5.73 Å². The van der Waals surface area contributed by atoms with Crippen LogP contribution in [-0.4, -0.2) is 22.9 Å². The molecule has 2 aromatic rings. The molecule has 1 saturated carbocycles. The molecule has 28 heavy (non-hydrogen) atoms. The van der Waals surface area contributed by atoms with E-state index in [1.165, 1.54) is 18.6 Å². The lowest BCUT2D eigenvalue weighted by Crippen LogP contribution is -2.43. The van der Waals surface area contributed by atoms with Crippen LogP contribution in [0.2, 0.25) is 0 Å². The first-order chi connectivity index (χ1) is 13.5. The fraction of sp³-hybridized carbons (Fsp3) is 0.364. The van der Waals surface area contributed by atoms with Gasteiger partial charge in [-0.05, 0) is 48.2 Å². The normalized spacial score (nSPS) is 14.5. The number of nitrogens with zero attached hydrogens (tertiary/aromatic N) is 1. The molecule has 148 valence electrons. The third-order valence-corrected chi connectivity index (χ3v) is 5.10. The maximum absolute atomic E-state index is 13.2. The zero-order valence-corrected chi connectivity index (χ0v) is 15.9. The molecule has 0 saturated heterocycles. The van der Waals surface area contributed by atoms with Crippen molar-refractivity contribution >= 4 is 17.6 Å². The van der Waals surface area contributed by atoms with Gasteiger partial charge in [0.2, 0.25) is 5.91 Å². The van der Waals surface area contributed by atoms with Crippen molar-refractivity contribution in [2.45, 2.75) is 51.1 Å². The molecule has 3 N–H and O–H groups in total. The highest BCUT2D eigenvalue weighted by Crippen LogP contribution is 2.25. The Morgan fingerprint density at radius 2 is 1.75 bits per heavy atom. The summed E-state index contributed by atoms with van der Waals surface area (Å²) >= 11 is 0. The molecule has 1 aliphatic rings. The topological polar surface area (TPSA) is 75.4 Å². The summed E-state index contributed by atoms with van der Waals surface area (Å²) in [5.41, 5.74) is 7.54. The lowest BCUT2D eigenvalue weighted by molar-refractivity contribution is -0.117. The minimum Gasteiger partial charge on any atom is -0.369 e. The van der Waals surface area contributed by atoms with Gasteiger partial charge < -0.3 is 16.0 Å². The van der Waals surface area contributed by atoms with Gasteiger partial charge in [-0.25, -0.2) is 9.18 Å². The number of carbonyl (C=O) groups excluding carboxylic acids is 2. The number of halogens is 1. The number of carbonyl (C=O) groups is 2. The predicted octanol–water partition coefficient (Wildman–Crippen LogP) is 4.22. The highest BCUT2D eigenvalue weighted by molar-refractivity contribution is 5.90. The average molecular weight is 383 g/mol. The van der Waals surface area contributed by atoms with Crippen molar-refractivity contribution in [1.29, 1.82) is 0 Å². The molecule has 0 bridgehead atoms. The first-order valence-electron chi connectivity index (χ1n) is 9.70. The first kappa shape index (κ1) is 19.9. The molecule has 6 heteroatoms. The standard InChI is InChI=1S/C22H26FN3O2/c23-18-11-9-16(10-12-18)15-26(20-7-2-1-3-8-20)22(28)25-19-6-4-5-17(13-19)14-21(24)27/h4-6,9-13,20H,1-3,7-8,14-15H2,(H2,24,27)(H,25,28). The third kappa shape index (κ3) is 5.55. The Morgan fingerprint density at radius 3 is 2.43 bits per heavy atom. The van der Waals surface area contributed by atoms with E-state index in [1.54, 1.807) is 36.4 Å². The van der Waals surface area contributed by atoms with Gasteiger partial charge in [-0.2, -0.15) is 0 Å². The number of primary amides is 1. The van der Waals surface area contributed by atoms with Crippen molar-refractivity contribution in [3.8, 4) is 0 Å². The molecule has 0 aliphatic heterocycles. The Kier molecular flexibility index (Phi) is 6.63.